The van der Waals surface area contributed by atoms with Gasteiger partial charge in [0.05, 0.1) is 5.41 Å². The van der Waals surface area contributed by atoms with Crippen LogP contribution in [0.25, 0.3) is 11.5 Å². The highest BCUT2D eigenvalue weighted by Gasteiger charge is 2.50. The predicted octanol–water partition coefficient (Wildman–Crippen LogP) is 4.43. The van der Waals surface area contributed by atoms with Gasteiger partial charge in [-0.1, -0.05) is 47.5 Å². The van der Waals surface area contributed by atoms with Gasteiger partial charge in [-0.3, -0.25) is 0 Å². The third-order valence-corrected chi connectivity index (χ3v) is 4.38. The first-order valence-electron chi connectivity index (χ1n) is 7.66. The van der Waals surface area contributed by atoms with Gasteiger partial charge in [-0.2, -0.15) is 0 Å². The molecule has 4 rings (SSSR count). The van der Waals surface area contributed by atoms with E-state index in [-0.39, 0.29) is 5.41 Å². The summed E-state index contributed by atoms with van der Waals surface area (Å²) in [7, 11) is 0. The van der Waals surface area contributed by atoms with Crippen LogP contribution in [0.1, 0.15) is 35.4 Å². The fraction of sp³-hybridized carbons (Fsp3) is 0.263. The zero-order valence-electron chi connectivity index (χ0n) is 12.8. The highest BCUT2D eigenvalue weighted by Crippen LogP contribution is 2.53. The van der Waals surface area contributed by atoms with Gasteiger partial charge in [-0.15, -0.1) is 10.2 Å². The fourth-order valence-electron chi connectivity index (χ4n) is 3.12. The normalized spacial score (nSPS) is 15.7. The first-order chi connectivity index (χ1) is 10.7. The van der Waals surface area contributed by atoms with Gasteiger partial charge in [-0.05, 0) is 44.4 Å². The molecule has 3 aromatic rings. The Morgan fingerprint density at radius 2 is 1.59 bits per heavy atom. The molecular formula is C19H18N2O. The Balaban J connectivity index is 1.74. The van der Waals surface area contributed by atoms with Crippen LogP contribution in [-0.4, -0.2) is 10.2 Å². The van der Waals surface area contributed by atoms with Crippen molar-refractivity contribution < 1.29 is 4.42 Å². The largest absolute Gasteiger partial charge is 0.420 e. The minimum absolute atomic E-state index is 0.0726. The first-order valence-corrected chi connectivity index (χ1v) is 7.66. The number of benzene rings is 2. The monoisotopic (exact) mass is 290 g/mol. The molecule has 0 bridgehead atoms. The standard InChI is InChI=1S/C19H18N2O/c1-13-10-14(2)12-16(11-13)19(8-9-19)18-21-20-17(22-18)15-6-4-3-5-7-15/h3-7,10-12H,8-9H2,1-2H3. The van der Waals surface area contributed by atoms with E-state index in [9.17, 15) is 0 Å². The van der Waals surface area contributed by atoms with Gasteiger partial charge in [0.15, 0.2) is 0 Å². The maximum absolute atomic E-state index is 6.01. The second-order valence-corrected chi connectivity index (χ2v) is 6.24. The molecule has 0 N–H and O–H groups in total. The lowest BCUT2D eigenvalue weighted by Gasteiger charge is -2.13. The second kappa shape index (κ2) is 4.80. The van der Waals surface area contributed by atoms with Crippen molar-refractivity contribution in [3.63, 3.8) is 0 Å². The molecule has 110 valence electrons. The molecule has 2 aromatic carbocycles. The molecule has 0 spiro atoms. The lowest BCUT2D eigenvalue weighted by Crippen LogP contribution is -2.09. The average Bonchev–Trinajstić information content (AvgIpc) is 3.18. The van der Waals surface area contributed by atoms with Crippen molar-refractivity contribution in [2.75, 3.05) is 0 Å². The molecule has 22 heavy (non-hydrogen) atoms. The summed E-state index contributed by atoms with van der Waals surface area (Å²) in [5.41, 5.74) is 4.76. The van der Waals surface area contributed by atoms with Gasteiger partial charge in [0, 0.05) is 5.56 Å². The summed E-state index contributed by atoms with van der Waals surface area (Å²) in [6.07, 6.45) is 2.15. The Morgan fingerprint density at radius 1 is 0.909 bits per heavy atom. The van der Waals surface area contributed by atoms with Gasteiger partial charge >= 0.3 is 0 Å². The van der Waals surface area contributed by atoms with Crippen LogP contribution in [0.5, 0.6) is 0 Å². The van der Waals surface area contributed by atoms with Gasteiger partial charge in [0.1, 0.15) is 0 Å². The highest BCUT2D eigenvalue weighted by molar-refractivity contribution is 5.52. The third-order valence-electron chi connectivity index (χ3n) is 4.38. The lowest BCUT2D eigenvalue weighted by atomic mass is 9.93. The molecule has 0 radical (unpaired) electrons. The number of rotatable bonds is 3. The molecule has 1 heterocycles. The van der Waals surface area contributed by atoms with Crippen LogP contribution >= 0.6 is 0 Å². The second-order valence-electron chi connectivity index (χ2n) is 6.24. The van der Waals surface area contributed by atoms with E-state index < -0.39 is 0 Å². The minimum Gasteiger partial charge on any atom is -0.420 e. The van der Waals surface area contributed by atoms with Crippen molar-refractivity contribution in [1.29, 1.82) is 0 Å². The summed E-state index contributed by atoms with van der Waals surface area (Å²) >= 11 is 0. The minimum atomic E-state index is -0.0726. The molecule has 1 aliphatic rings. The zero-order valence-corrected chi connectivity index (χ0v) is 12.8. The number of nitrogens with zero attached hydrogens (tertiary/aromatic N) is 2. The van der Waals surface area contributed by atoms with Crippen molar-refractivity contribution in [3.05, 3.63) is 71.1 Å². The van der Waals surface area contributed by atoms with E-state index in [0.29, 0.717) is 5.89 Å². The summed E-state index contributed by atoms with van der Waals surface area (Å²) in [4.78, 5) is 0. The molecule has 1 aromatic heterocycles. The Hall–Kier alpha value is -2.42. The summed E-state index contributed by atoms with van der Waals surface area (Å²) in [6, 6.07) is 16.6. The van der Waals surface area contributed by atoms with E-state index in [1.54, 1.807) is 0 Å². The van der Waals surface area contributed by atoms with Crippen molar-refractivity contribution in [1.82, 2.24) is 10.2 Å². The molecular weight excluding hydrogens is 272 g/mol. The molecule has 0 saturated heterocycles. The van der Waals surface area contributed by atoms with Crippen LogP contribution in [0.3, 0.4) is 0 Å². The van der Waals surface area contributed by atoms with Crippen LogP contribution in [0.2, 0.25) is 0 Å². The molecule has 1 aliphatic carbocycles. The Kier molecular flexibility index (Phi) is 2.89. The number of hydrogen-bond donors (Lipinski definition) is 0. The predicted molar refractivity (Wildman–Crippen MR) is 85.7 cm³/mol. The van der Waals surface area contributed by atoms with Gasteiger partial charge in [-0.25, -0.2) is 0 Å². The molecule has 1 saturated carbocycles. The molecule has 3 heteroatoms. The van der Waals surface area contributed by atoms with E-state index in [2.05, 4.69) is 42.2 Å². The molecule has 0 amide bonds. The SMILES string of the molecule is Cc1cc(C)cc(C2(c3nnc(-c4ccccc4)o3)CC2)c1. The highest BCUT2D eigenvalue weighted by atomic mass is 16.4. The Bertz CT molecular complexity index is 796. The molecule has 0 atom stereocenters. The van der Waals surface area contributed by atoms with E-state index in [0.717, 1.165) is 24.3 Å². The summed E-state index contributed by atoms with van der Waals surface area (Å²) in [5.74, 6) is 1.35. The van der Waals surface area contributed by atoms with Crippen LogP contribution in [0.4, 0.5) is 0 Å². The van der Waals surface area contributed by atoms with Gasteiger partial charge in [0.25, 0.3) is 0 Å². The first kappa shape index (κ1) is 13.3. The van der Waals surface area contributed by atoms with Crippen LogP contribution < -0.4 is 0 Å². The fourth-order valence-corrected chi connectivity index (χ4v) is 3.12. The third kappa shape index (κ3) is 2.13. The van der Waals surface area contributed by atoms with Crippen molar-refractivity contribution in [2.45, 2.75) is 32.1 Å². The van der Waals surface area contributed by atoms with E-state index in [1.165, 1.54) is 16.7 Å². The smallest absolute Gasteiger partial charge is 0.247 e. The van der Waals surface area contributed by atoms with Gasteiger partial charge < -0.3 is 4.42 Å². The lowest BCUT2D eigenvalue weighted by molar-refractivity contribution is 0.472. The van der Waals surface area contributed by atoms with Crippen LogP contribution in [0, 0.1) is 13.8 Å². The van der Waals surface area contributed by atoms with Crippen LogP contribution in [-0.2, 0) is 5.41 Å². The molecule has 3 nitrogen and oxygen atoms in total. The maximum Gasteiger partial charge on any atom is 0.247 e. The van der Waals surface area contributed by atoms with E-state index in [4.69, 9.17) is 4.42 Å². The van der Waals surface area contributed by atoms with Crippen molar-refractivity contribution in [3.8, 4) is 11.5 Å². The van der Waals surface area contributed by atoms with Gasteiger partial charge in [0.2, 0.25) is 11.8 Å². The van der Waals surface area contributed by atoms with Crippen LogP contribution in [0.15, 0.2) is 52.9 Å². The topological polar surface area (TPSA) is 38.9 Å². The van der Waals surface area contributed by atoms with Crippen molar-refractivity contribution in [2.24, 2.45) is 0 Å². The molecule has 1 fully saturated rings. The number of hydrogen-bond acceptors (Lipinski definition) is 3. The number of aryl methyl sites for hydroxylation is 2. The Labute approximate surface area is 130 Å². The van der Waals surface area contributed by atoms with E-state index >= 15 is 0 Å². The Morgan fingerprint density at radius 3 is 2.23 bits per heavy atom. The summed E-state index contributed by atoms with van der Waals surface area (Å²) < 4.78 is 6.01. The summed E-state index contributed by atoms with van der Waals surface area (Å²) in [5, 5.41) is 8.59. The quantitative estimate of drug-likeness (QED) is 0.716. The summed E-state index contributed by atoms with van der Waals surface area (Å²) in [6.45, 7) is 4.27. The maximum atomic E-state index is 6.01. The van der Waals surface area contributed by atoms with Crippen molar-refractivity contribution >= 4 is 0 Å². The average molecular weight is 290 g/mol. The zero-order chi connectivity index (χ0) is 15.2. The van der Waals surface area contributed by atoms with E-state index in [1.807, 2.05) is 30.3 Å². The molecule has 0 unspecified atom stereocenters. The molecule has 0 aliphatic heterocycles. The number of aromatic nitrogens is 2.